The normalized spacial score (nSPS) is 16.7. The highest BCUT2D eigenvalue weighted by molar-refractivity contribution is 5.62. The minimum Gasteiger partial charge on any atom is -0.440 e. The fourth-order valence-electron chi connectivity index (χ4n) is 2.67. The molecule has 2 heterocycles. The first-order chi connectivity index (χ1) is 9.24. The van der Waals surface area contributed by atoms with E-state index in [0.717, 1.165) is 43.1 Å². The average molecular weight is 256 g/mol. The maximum Gasteiger partial charge on any atom is 0.198 e. The quantitative estimate of drug-likeness (QED) is 0.894. The zero-order chi connectivity index (χ0) is 13.2. The SMILES string of the molecule is Cc1ccc(C)c(-c2cnc(C3CCNCC3)o2)c1. The molecule has 0 aliphatic carbocycles. The molecule has 1 aliphatic heterocycles. The standard InChI is InChI=1S/C16H20N2O/c1-11-3-4-12(2)14(9-11)15-10-18-16(19-15)13-5-7-17-8-6-13/h3-4,9-10,13,17H,5-8H2,1-2H3. The van der Waals surface area contributed by atoms with Crippen LogP contribution in [0.1, 0.15) is 35.8 Å². The van der Waals surface area contributed by atoms with Crippen molar-refractivity contribution in [3.63, 3.8) is 0 Å². The second-order valence-corrected chi connectivity index (χ2v) is 5.41. The van der Waals surface area contributed by atoms with Crippen LogP contribution in [0, 0.1) is 13.8 Å². The van der Waals surface area contributed by atoms with Gasteiger partial charge in [0.2, 0.25) is 0 Å². The van der Waals surface area contributed by atoms with Crippen LogP contribution in [-0.2, 0) is 0 Å². The van der Waals surface area contributed by atoms with E-state index in [1.165, 1.54) is 11.1 Å². The third-order valence-corrected chi connectivity index (χ3v) is 3.87. The number of rotatable bonds is 2. The summed E-state index contributed by atoms with van der Waals surface area (Å²) >= 11 is 0. The zero-order valence-corrected chi connectivity index (χ0v) is 11.6. The number of nitrogens with one attached hydrogen (secondary N) is 1. The van der Waals surface area contributed by atoms with E-state index in [9.17, 15) is 0 Å². The van der Waals surface area contributed by atoms with Crippen LogP contribution in [0.15, 0.2) is 28.8 Å². The third-order valence-electron chi connectivity index (χ3n) is 3.87. The van der Waals surface area contributed by atoms with Gasteiger partial charge in [0, 0.05) is 11.5 Å². The summed E-state index contributed by atoms with van der Waals surface area (Å²) in [6.45, 7) is 6.34. The lowest BCUT2D eigenvalue weighted by atomic mass is 9.98. The van der Waals surface area contributed by atoms with E-state index in [4.69, 9.17) is 4.42 Å². The molecule has 1 aromatic carbocycles. The van der Waals surface area contributed by atoms with Crippen molar-refractivity contribution in [2.75, 3.05) is 13.1 Å². The maximum absolute atomic E-state index is 6.01. The third kappa shape index (κ3) is 2.56. The van der Waals surface area contributed by atoms with Gasteiger partial charge in [-0.25, -0.2) is 4.98 Å². The largest absolute Gasteiger partial charge is 0.440 e. The number of piperidine rings is 1. The first-order valence-electron chi connectivity index (χ1n) is 6.98. The molecule has 3 heteroatoms. The predicted molar refractivity (Wildman–Crippen MR) is 76.3 cm³/mol. The number of benzene rings is 1. The molecule has 1 fully saturated rings. The molecule has 0 unspecified atom stereocenters. The summed E-state index contributed by atoms with van der Waals surface area (Å²) in [6.07, 6.45) is 4.11. The van der Waals surface area contributed by atoms with Crippen molar-refractivity contribution < 1.29 is 4.42 Å². The molecule has 0 saturated carbocycles. The summed E-state index contributed by atoms with van der Waals surface area (Å²) in [6, 6.07) is 6.43. The second kappa shape index (κ2) is 5.17. The molecule has 100 valence electrons. The molecule has 0 bridgehead atoms. The van der Waals surface area contributed by atoms with E-state index < -0.39 is 0 Å². The first-order valence-corrected chi connectivity index (χ1v) is 6.98. The second-order valence-electron chi connectivity index (χ2n) is 5.41. The Balaban J connectivity index is 1.89. The van der Waals surface area contributed by atoms with Crippen LogP contribution < -0.4 is 5.32 Å². The Morgan fingerprint density at radius 2 is 2.00 bits per heavy atom. The van der Waals surface area contributed by atoms with Crippen molar-refractivity contribution in [2.45, 2.75) is 32.6 Å². The summed E-state index contributed by atoms with van der Waals surface area (Å²) in [5.41, 5.74) is 3.65. The Morgan fingerprint density at radius 1 is 1.21 bits per heavy atom. The van der Waals surface area contributed by atoms with Gasteiger partial charge in [-0.2, -0.15) is 0 Å². The van der Waals surface area contributed by atoms with E-state index >= 15 is 0 Å². The molecular weight excluding hydrogens is 236 g/mol. The number of oxazole rings is 1. The summed E-state index contributed by atoms with van der Waals surface area (Å²) < 4.78 is 6.01. The van der Waals surface area contributed by atoms with Gasteiger partial charge in [-0.15, -0.1) is 0 Å². The molecule has 1 saturated heterocycles. The van der Waals surface area contributed by atoms with Crippen molar-refractivity contribution in [3.05, 3.63) is 41.4 Å². The fraction of sp³-hybridized carbons (Fsp3) is 0.438. The molecule has 0 atom stereocenters. The Hall–Kier alpha value is -1.61. The van der Waals surface area contributed by atoms with Gasteiger partial charge in [0.15, 0.2) is 11.7 Å². The van der Waals surface area contributed by atoms with Crippen molar-refractivity contribution in [3.8, 4) is 11.3 Å². The van der Waals surface area contributed by atoms with Gasteiger partial charge in [0.1, 0.15) is 0 Å². The van der Waals surface area contributed by atoms with Crippen LogP contribution >= 0.6 is 0 Å². The molecule has 0 radical (unpaired) electrons. The van der Waals surface area contributed by atoms with Gasteiger partial charge in [-0.3, -0.25) is 0 Å². The topological polar surface area (TPSA) is 38.1 Å². The Morgan fingerprint density at radius 3 is 2.79 bits per heavy atom. The minimum absolute atomic E-state index is 0.472. The highest BCUT2D eigenvalue weighted by atomic mass is 16.4. The molecule has 0 amide bonds. The fourth-order valence-corrected chi connectivity index (χ4v) is 2.67. The number of nitrogens with zero attached hydrogens (tertiary/aromatic N) is 1. The molecule has 2 aromatic rings. The molecule has 1 aromatic heterocycles. The lowest BCUT2D eigenvalue weighted by Crippen LogP contribution is -2.26. The lowest BCUT2D eigenvalue weighted by molar-refractivity contribution is 0.378. The molecular formula is C16H20N2O. The summed E-state index contributed by atoms with van der Waals surface area (Å²) in [7, 11) is 0. The predicted octanol–water partition coefficient (Wildman–Crippen LogP) is 3.43. The van der Waals surface area contributed by atoms with Gasteiger partial charge in [-0.1, -0.05) is 17.7 Å². The summed E-state index contributed by atoms with van der Waals surface area (Å²) in [5.74, 6) is 2.27. The Kier molecular flexibility index (Phi) is 3.38. The lowest BCUT2D eigenvalue weighted by Gasteiger charge is -2.19. The van der Waals surface area contributed by atoms with Crippen LogP contribution in [0.3, 0.4) is 0 Å². The number of hydrogen-bond donors (Lipinski definition) is 1. The van der Waals surface area contributed by atoms with Gasteiger partial charge in [0.05, 0.1) is 6.20 Å². The minimum atomic E-state index is 0.472. The number of aryl methyl sites for hydroxylation is 2. The Labute approximate surface area is 114 Å². The van der Waals surface area contributed by atoms with Crippen molar-refractivity contribution >= 4 is 0 Å². The smallest absolute Gasteiger partial charge is 0.198 e. The monoisotopic (exact) mass is 256 g/mol. The van der Waals surface area contributed by atoms with Crippen LogP contribution in [0.25, 0.3) is 11.3 Å². The van der Waals surface area contributed by atoms with Crippen molar-refractivity contribution in [1.29, 1.82) is 0 Å². The van der Waals surface area contributed by atoms with E-state index in [1.807, 2.05) is 6.20 Å². The molecule has 3 rings (SSSR count). The highest BCUT2D eigenvalue weighted by Crippen LogP contribution is 2.30. The van der Waals surface area contributed by atoms with E-state index in [0.29, 0.717) is 5.92 Å². The molecule has 1 N–H and O–H groups in total. The van der Waals surface area contributed by atoms with Gasteiger partial charge in [-0.05, 0) is 51.4 Å². The van der Waals surface area contributed by atoms with Crippen molar-refractivity contribution in [1.82, 2.24) is 10.3 Å². The van der Waals surface area contributed by atoms with Crippen LogP contribution in [0.2, 0.25) is 0 Å². The molecule has 19 heavy (non-hydrogen) atoms. The van der Waals surface area contributed by atoms with Crippen LogP contribution in [0.4, 0.5) is 0 Å². The van der Waals surface area contributed by atoms with Gasteiger partial charge in [0.25, 0.3) is 0 Å². The number of hydrogen-bond acceptors (Lipinski definition) is 3. The maximum atomic E-state index is 6.01. The average Bonchev–Trinajstić information content (AvgIpc) is 2.92. The van der Waals surface area contributed by atoms with Crippen molar-refractivity contribution in [2.24, 2.45) is 0 Å². The van der Waals surface area contributed by atoms with Gasteiger partial charge < -0.3 is 9.73 Å². The van der Waals surface area contributed by atoms with E-state index in [-0.39, 0.29) is 0 Å². The summed E-state index contributed by atoms with van der Waals surface area (Å²) in [4.78, 5) is 4.49. The molecule has 3 nitrogen and oxygen atoms in total. The van der Waals surface area contributed by atoms with Crippen LogP contribution in [-0.4, -0.2) is 18.1 Å². The molecule has 0 spiro atoms. The molecule has 1 aliphatic rings. The van der Waals surface area contributed by atoms with E-state index in [1.54, 1.807) is 0 Å². The number of aromatic nitrogens is 1. The summed E-state index contributed by atoms with van der Waals surface area (Å²) in [5, 5.41) is 3.37. The van der Waals surface area contributed by atoms with Gasteiger partial charge >= 0.3 is 0 Å². The first kappa shape index (κ1) is 12.4. The zero-order valence-electron chi connectivity index (χ0n) is 11.6. The highest BCUT2D eigenvalue weighted by Gasteiger charge is 2.20. The Bertz CT molecular complexity index is 568. The van der Waals surface area contributed by atoms with Crippen LogP contribution in [0.5, 0.6) is 0 Å². The van der Waals surface area contributed by atoms with E-state index in [2.05, 4.69) is 42.3 Å².